The third-order valence-electron chi connectivity index (χ3n) is 2.37. The monoisotopic (exact) mass is 290 g/mol. The molecule has 1 rings (SSSR count). The maximum absolute atomic E-state index is 9.86. The van der Waals surface area contributed by atoms with Gasteiger partial charge in [0.05, 0.1) is 6.10 Å². The average molecular weight is 292 g/mol. The molecule has 1 N–H and O–H groups in total. The Morgan fingerprint density at radius 1 is 1.13 bits per heavy atom. The zero-order valence-corrected chi connectivity index (χ0v) is 11.0. The molecule has 0 radical (unpaired) electrons. The van der Waals surface area contributed by atoms with Crippen molar-refractivity contribution in [1.82, 2.24) is 0 Å². The van der Waals surface area contributed by atoms with E-state index in [0.717, 1.165) is 30.2 Å². The predicted molar refractivity (Wildman–Crippen MR) is 68.7 cm³/mol. The standard InChI is InChI=1S/C12H16BrClO/c13-9-3-1-2-4-12(15)10-5-7-11(14)8-6-10/h5-8,12,15H,1-4,9H2/t12-/m0/s1. The summed E-state index contributed by atoms with van der Waals surface area (Å²) in [6.45, 7) is 0. The second kappa shape index (κ2) is 7.26. The van der Waals surface area contributed by atoms with Crippen LogP contribution in [0.2, 0.25) is 5.02 Å². The first kappa shape index (κ1) is 13.0. The number of aliphatic hydroxyl groups is 1. The van der Waals surface area contributed by atoms with Gasteiger partial charge in [-0.25, -0.2) is 0 Å². The van der Waals surface area contributed by atoms with Gasteiger partial charge in [-0.1, -0.05) is 52.5 Å². The van der Waals surface area contributed by atoms with E-state index in [1.807, 2.05) is 24.3 Å². The van der Waals surface area contributed by atoms with Gasteiger partial charge in [0, 0.05) is 10.4 Å². The number of hydrogen-bond donors (Lipinski definition) is 1. The molecule has 0 spiro atoms. The van der Waals surface area contributed by atoms with Gasteiger partial charge in [0.1, 0.15) is 0 Å². The van der Waals surface area contributed by atoms with Crippen LogP contribution in [0.15, 0.2) is 24.3 Å². The predicted octanol–water partition coefficient (Wildman–Crippen LogP) is 4.33. The van der Waals surface area contributed by atoms with Gasteiger partial charge in [0.25, 0.3) is 0 Å². The molecule has 1 aromatic carbocycles. The highest BCUT2D eigenvalue weighted by Crippen LogP contribution is 2.21. The van der Waals surface area contributed by atoms with Crippen LogP contribution in [-0.4, -0.2) is 10.4 Å². The van der Waals surface area contributed by atoms with E-state index in [0.29, 0.717) is 5.02 Å². The Balaban J connectivity index is 2.33. The van der Waals surface area contributed by atoms with Crippen molar-refractivity contribution < 1.29 is 5.11 Å². The third kappa shape index (κ3) is 5.01. The zero-order chi connectivity index (χ0) is 11.1. The van der Waals surface area contributed by atoms with Gasteiger partial charge in [-0.05, 0) is 30.5 Å². The van der Waals surface area contributed by atoms with Gasteiger partial charge < -0.3 is 5.11 Å². The van der Waals surface area contributed by atoms with Gasteiger partial charge in [0.2, 0.25) is 0 Å². The Morgan fingerprint density at radius 3 is 2.40 bits per heavy atom. The average Bonchev–Trinajstić information content (AvgIpc) is 2.25. The summed E-state index contributed by atoms with van der Waals surface area (Å²) < 4.78 is 0. The van der Waals surface area contributed by atoms with Crippen LogP contribution in [0.25, 0.3) is 0 Å². The molecular weight excluding hydrogens is 275 g/mol. The highest BCUT2D eigenvalue weighted by Gasteiger charge is 2.06. The van der Waals surface area contributed by atoms with Gasteiger partial charge >= 0.3 is 0 Å². The van der Waals surface area contributed by atoms with Crippen molar-refractivity contribution in [1.29, 1.82) is 0 Å². The van der Waals surface area contributed by atoms with E-state index in [2.05, 4.69) is 15.9 Å². The fourth-order valence-electron chi connectivity index (χ4n) is 1.46. The number of hydrogen-bond acceptors (Lipinski definition) is 1. The Morgan fingerprint density at radius 2 is 1.80 bits per heavy atom. The van der Waals surface area contributed by atoms with Crippen LogP contribution in [0, 0.1) is 0 Å². The highest BCUT2D eigenvalue weighted by molar-refractivity contribution is 9.09. The van der Waals surface area contributed by atoms with E-state index in [1.165, 1.54) is 6.42 Å². The normalized spacial score (nSPS) is 12.7. The minimum Gasteiger partial charge on any atom is -0.388 e. The Kier molecular flexibility index (Phi) is 6.30. The number of unbranched alkanes of at least 4 members (excludes halogenated alkanes) is 2. The molecule has 1 atom stereocenters. The summed E-state index contributed by atoms with van der Waals surface area (Å²) in [5.74, 6) is 0. The molecule has 1 nitrogen and oxygen atoms in total. The Bertz CT molecular complexity index is 273. The summed E-state index contributed by atoms with van der Waals surface area (Å²) in [6, 6.07) is 7.41. The molecule has 0 saturated carbocycles. The lowest BCUT2D eigenvalue weighted by molar-refractivity contribution is 0.163. The smallest absolute Gasteiger partial charge is 0.0790 e. The van der Waals surface area contributed by atoms with Crippen molar-refractivity contribution in [2.24, 2.45) is 0 Å². The number of rotatable bonds is 6. The molecule has 0 aromatic heterocycles. The van der Waals surface area contributed by atoms with E-state index < -0.39 is 0 Å². The molecule has 0 aliphatic carbocycles. The lowest BCUT2D eigenvalue weighted by Crippen LogP contribution is -1.97. The topological polar surface area (TPSA) is 20.2 Å². The molecule has 0 saturated heterocycles. The lowest BCUT2D eigenvalue weighted by Gasteiger charge is -2.10. The van der Waals surface area contributed by atoms with E-state index in [-0.39, 0.29) is 6.10 Å². The van der Waals surface area contributed by atoms with Gasteiger partial charge in [-0.2, -0.15) is 0 Å². The number of halogens is 2. The number of alkyl halides is 1. The van der Waals surface area contributed by atoms with Crippen LogP contribution in [0.3, 0.4) is 0 Å². The summed E-state index contributed by atoms with van der Waals surface area (Å²) in [5, 5.41) is 11.6. The highest BCUT2D eigenvalue weighted by atomic mass is 79.9. The van der Waals surface area contributed by atoms with Crippen molar-refractivity contribution >= 4 is 27.5 Å². The molecule has 0 aliphatic rings. The molecule has 0 unspecified atom stereocenters. The first-order valence-electron chi connectivity index (χ1n) is 5.23. The van der Waals surface area contributed by atoms with Crippen molar-refractivity contribution in [3.63, 3.8) is 0 Å². The molecule has 1 aromatic rings. The second-order valence-corrected chi connectivity index (χ2v) is 4.84. The summed E-state index contributed by atoms with van der Waals surface area (Å²) in [7, 11) is 0. The lowest BCUT2D eigenvalue weighted by atomic mass is 10.0. The first-order chi connectivity index (χ1) is 7.24. The van der Waals surface area contributed by atoms with Gasteiger partial charge in [0.15, 0.2) is 0 Å². The summed E-state index contributed by atoms with van der Waals surface area (Å²) in [4.78, 5) is 0. The molecule has 3 heteroatoms. The second-order valence-electron chi connectivity index (χ2n) is 3.61. The molecule has 0 heterocycles. The third-order valence-corrected chi connectivity index (χ3v) is 3.18. The van der Waals surface area contributed by atoms with Crippen molar-refractivity contribution in [3.8, 4) is 0 Å². The van der Waals surface area contributed by atoms with Gasteiger partial charge in [-0.15, -0.1) is 0 Å². The van der Waals surface area contributed by atoms with E-state index >= 15 is 0 Å². The zero-order valence-electron chi connectivity index (χ0n) is 8.63. The molecule has 0 fully saturated rings. The SMILES string of the molecule is O[C@@H](CCCCCBr)c1ccc(Cl)cc1. The Labute approximate surface area is 105 Å². The largest absolute Gasteiger partial charge is 0.388 e. The number of benzene rings is 1. The van der Waals surface area contributed by atoms with Crippen molar-refractivity contribution in [2.45, 2.75) is 31.8 Å². The van der Waals surface area contributed by atoms with Crippen LogP contribution in [0.1, 0.15) is 37.4 Å². The molecule has 84 valence electrons. The fraction of sp³-hybridized carbons (Fsp3) is 0.500. The van der Waals surface area contributed by atoms with Crippen LogP contribution >= 0.6 is 27.5 Å². The van der Waals surface area contributed by atoms with E-state index in [9.17, 15) is 5.11 Å². The minimum absolute atomic E-state index is 0.349. The van der Waals surface area contributed by atoms with Crippen molar-refractivity contribution in [3.05, 3.63) is 34.9 Å². The van der Waals surface area contributed by atoms with E-state index in [1.54, 1.807) is 0 Å². The fourth-order valence-corrected chi connectivity index (χ4v) is 1.98. The van der Waals surface area contributed by atoms with Gasteiger partial charge in [-0.3, -0.25) is 0 Å². The van der Waals surface area contributed by atoms with Crippen LogP contribution in [0.5, 0.6) is 0 Å². The maximum atomic E-state index is 9.86. The molecular formula is C12H16BrClO. The quantitative estimate of drug-likeness (QED) is 0.611. The maximum Gasteiger partial charge on any atom is 0.0790 e. The number of aliphatic hydroxyl groups excluding tert-OH is 1. The first-order valence-corrected chi connectivity index (χ1v) is 6.73. The summed E-state index contributed by atoms with van der Waals surface area (Å²) in [6.07, 6.45) is 3.88. The molecule has 0 amide bonds. The van der Waals surface area contributed by atoms with Crippen molar-refractivity contribution in [2.75, 3.05) is 5.33 Å². The van der Waals surface area contributed by atoms with Crippen LogP contribution < -0.4 is 0 Å². The molecule has 15 heavy (non-hydrogen) atoms. The van der Waals surface area contributed by atoms with E-state index in [4.69, 9.17) is 11.6 Å². The summed E-state index contributed by atoms with van der Waals surface area (Å²) in [5.41, 5.74) is 0.957. The molecule has 0 bridgehead atoms. The molecule has 0 aliphatic heterocycles. The minimum atomic E-state index is -0.349. The Hall–Kier alpha value is -0.0500. The van der Waals surface area contributed by atoms with Crippen LogP contribution in [0.4, 0.5) is 0 Å². The van der Waals surface area contributed by atoms with Crippen LogP contribution in [-0.2, 0) is 0 Å². The summed E-state index contributed by atoms with van der Waals surface area (Å²) >= 11 is 9.17.